The second-order valence-electron chi connectivity index (χ2n) is 5.29. The summed E-state index contributed by atoms with van der Waals surface area (Å²) in [5, 5.41) is 11.3. The Morgan fingerprint density at radius 3 is 2.70 bits per heavy atom. The van der Waals surface area contributed by atoms with Gasteiger partial charge in [0, 0.05) is 23.9 Å². The summed E-state index contributed by atoms with van der Waals surface area (Å²) < 4.78 is 1.97. The van der Waals surface area contributed by atoms with Crippen LogP contribution in [-0.4, -0.2) is 26.3 Å². The summed E-state index contributed by atoms with van der Waals surface area (Å²) in [6.45, 7) is 2.01. The van der Waals surface area contributed by atoms with E-state index in [0.29, 0.717) is 5.75 Å². The van der Waals surface area contributed by atoms with Crippen LogP contribution in [0, 0.1) is 6.92 Å². The Bertz CT molecular complexity index is 792. The van der Waals surface area contributed by atoms with Crippen LogP contribution in [0.15, 0.2) is 46.9 Å². The van der Waals surface area contributed by atoms with Gasteiger partial charge in [-0.1, -0.05) is 47.7 Å². The first-order chi connectivity index (χ1) is 11.1. The van der Waals surface area contributed by atoms with E-state index >= 15 is 0 Å². The molecule has 0 atom stereocenters. The molecular weight excluding hydrogens is 326 g/mol. The Morgan fingerprint density at radius 2 is 2.00 bits per heavy atom. The molecule has 0 aliphatic carbocycles. The standard InChI is InChI=1S/C17H17N3OS2/c1-12-5-7-13(8-6-12)15(21)11-23-17-19-18-16(20(17)2)10-14-4-3-9-22-14/h3-9H,10-11H2,1-2H3. The lowest BCUT2D eigenvalue weighted by atomic mass is 10.1. The van der Waals surface area contributed by atoms with Crippen molar-refractivity contribution in [1.82, 2.24) is 14.8 Å². The van der Waals surface area contributed by atoms with Crippen molar-refractivity contribution in [1.29, 1.82) is 0 Å². The smallest absolute Gasteiger partial charge is 0.191 e. The van der Waals surface area contributed by atoms with Gasteiger partial charge in [-0.05, 0) is 18.4 Å². The van der Waals surface area contributed by atoms with E-state index < -0.39 is 0 Å². The van der Waals surface area contributed by atoms with Gasteiger partial charge in [0.15, 0.2) is 10.9 Å². The number of aromatic nitrogens is 3. The monoisotopic (exact) mass is 343 g/mol. The molecule has 0 N–H and O–H groups in total. The molecule has 0 unspecified atom stereocenters. The first-order valence-corrected chi connectivity index (χ1v) is 9.13. The van der Waals surface area contributed by atoms with Crippen molar-refractivity contribution >= 4 is 28.9 Å². The predicted octanol–water partition coefficient (Wildman–Crippen LogP) is 3.75. The average Bonchev–Trinajstić information content (AvgIpc) is 3.18. The molecule has 6 heteroatoms. The Balaban J connectivity index is 1.63. The second-order valence-corrected chi connectivity index (χ2v) is 7.27. The Morgan fingerprint density at radius 1 is 1.22 bits per heavy atom. The number of thiophene rings is 1. The zero-order valence-corrected chi connectivity index (χ0v) is 14.7. The molecule has 0 fully saturated rings. The lowest BCUT2D eigenvalue weighted by molar-refractivity contribution is 0.102. The predicted molar refractivity (Wildman–Crippen MR) is 94.4 cm³/mol. The number of carbonyl (C=O) groups is 1. The maximum absolute atomic E-state index is 12.2. The molecule has 0 bridgehead atoms. The van der Waals surface area contributed by atoms with Crippen molar-refractivity contribution in [3.8, 4) is 0 Å². The molecule has 0 spiro atoms. The van der Waals surface area contributed by atoms with Gasteiger partial charge in [-0.15, -0.1) is 21.5 Å². The molecular formula is C17H17N3OS2. The molecule has 4 nitrogen and oxygen atoms in total. The van der Waals surface area contributed by atoms with Crippen LogP contribution in [0.3, 0.4) is 0 Å². The van der Waals surface area contributed by atoms with Crippen molar-refractivity contribution in [3.05, 3.63) is 63.6 Å². The number of hydrogen-bond acceptors (Lipinski definition) is 5. The van der Waals surface area contributed by atoms with Crippen LogP contribution in [-0.2, 0) is 13.5 Å². The molecule has 0 aliphatic heterocycles. The Kier molecular flexibility index (Phi) is 4.93. The highest BCUT2D eigenvalue weighted by molar-refractivity contribution is 7.99. The minimum absolute atomic E-state index is 0.109. The number of hydrogen-bond donors (Lipinski definition) is 0. The number of ketones is 1. The number of thioether (sulfide) groups is 1. The van der Waals surface area contributed by atoms with Crippen LogP contribution in [0.25, 0.3) is 0 Å². The quantitative estimate of drug-likeness (QED) is 0.505. The van der Waals surface area contributed by atoms with Crippen LogP contribution >= 0.6 is 23.1 Å². The average molecular weight is 343 g/mol. The fourth-order valence-corrected chi connectivity index (χ4v) is 3.67. The van der Waals surface area contributed by atoms with E-state index in [4.69, 9.17) is 0 Å². The fraction of sp³-hybridized carbons (Fsp3) is 0.235. The summed E-state index contributed by atoms with van der Waals surface area (Å²) in [5.74, 6) is 1.39. The van der Waals surface area contributed by atoms with E-state index in [1.807, 2.05) is 48.9 Å². The molecule has 3 rings (SSSR count). The largest absolute Gasteiger partial charge is 0.309 e. The zero-order valence-electron chi connectivity index (χ0n) is 13.0. The van der Waals surface area contributed by atoms with Gasteiger partial charge >= 0.3 is 0 Å². The van der Waals surface area contributed by atoms with Crippen LogP contribution in [0.1, 0.15) is 26.6 Å². The summed E-state index contributed by atoms with van der Waals surface area (Å²) in [6, 6.07) is 11.8. The number of rotatable bonds is 6. The summed E-state index contributed by atoms with van der Waals surface area (Å²) in [5.41, 5.74) is 1.89. The maximum atomic E-state index is 12.2. The first-order valence-electron chi connectivity index (χ1n) is 7.27. The highest BCUT2D eigenvalue weighted by atomic mass is 32.2. The molecule has 2 aromatic heterocycles. The number of carbonyl (C=O) groups excluding carboxylic acids is 1. The minimum atomic E-state index is 0.109. The molecule has 0 saturated carbocycles. The van der Waals surface area contributed by atoms with E-state index in [-0.39, 0.29) is 5.78 Å². The number of benzene rings is 1. The molecule has 0 radical (unpaired) electrons. The summed E-state index contributed by atoms with van der Waals surface area (Å²) in [6.07, 6.45) is 0.771. The molecule has 2 heterocycles. The third-order valence-corrected chi connectivity index (χ3v) is 5.44. The molecule has 1 aromatic carbocycles. The molecule has 23 heavy (non-hydrogen) atoms. The normalized spacial score (nSPS) is 10.9. The van der Waals surface area contributed by atoms with Crippen LogP contribution in [0.4, 0.5) is 0 Å². The van der Waals surface area contributed by atoms with E-state index in [2.05, 4.69) is 21.6 Å². The Hall–Kier alpha value is -1.92. The van der Waals surface area contributed by atoms with E-state index in [9.17, 15) is 4.79 Å². The molecule has 0 amide bonds. The number of aryl methyl sites for hydroxylation is 1. The van der Waals surface area contributed by atoms with Crippen LogP contribution in [0.2, 0.25) is 0 Å². The maximum Gasteiger partial charge on any atom is 0.191 e. The first kappa shape index (κ1) is 16.0. The van der Waals surface area contributed by atoms with Gasteiger partial charge in [-0.3, -0.25) is 4.79 Å². The highest BCUT2D eigenvalue weighted by Gasteiger charge is 2.13. The fourth-order valence-electron chi connectivity index (χ4n) is 2.15. The van der Waals surface area contributed by atoms with Crippen molar-refractivity contribution < 1.29 is 4.79 Å². The minimum Gasteiger partial charge on any atom is -0.309 e. The van der Waals surface area contributed by atoms with Crippen LogP contribution in [0.5, 0.6) is 0 Å². The SMILES string of the molecule is Cc1ccc(C(=O)CSc2nnc(Cc3cccs3)n2C)cc1. The highest BCUT2D eigenvalue weighted by Crippen LogP contribution is 2.20. The zero-order chi connectivity index (χ0) is 16.2. The van der Waals surface area contributed by atoms with Gasteiger partial charge in [0.2, 0.25) is 0 Å². The molecule has 118 valence electrons. The number of nitrogens with zero attached hydrogens (tertiary/aromatic N) is 3. The van der Waals surface area contributed by atoms with Crippen LogP contribution < -0.4 is 0 Å². The van der Waals surface area contributed by atoms with E-state index in [0.717, 1.165) is 28.5 Å². The topological polar surface area (TPSA) is 47.8 Å². The molecule has 3 aromatic rings. The Labute approximate surface area is 143 Å². The van der Waals surface area contributed by atoms with E-state index in [1.54, 1.807) is 11.3 Å². The van der Waals surface area contributed by atoms with E-state index in [1.165, 1.54) is 16.6 Å². The van der Waals surface area contributed by atoms with Crippen molar-refractivity contribution in [2.45, 2.75) is 18.5 Å². The third-order valence-electron chi connectivity index (χ3n) is 3.54. The third kappa shape index (κ3) is 3.89. The van der Waals surface area contributed by atoms with Gasteiger partial charge < -0.3 is 4.57 Å². The number of Topliss-reactive ketones (excluding diaryl/α,β-unsaturated/α-hetero) is 1. The summed E-state index contributed by atoms with van der Waals surface area (Å²) in [7, 11) is 1.95. The molecule has 0 aliphatic rings. The lowest BCUT2D eigenvalue weighted by Gasteiger charge is -2.03. The van der Waals surface area contributed by atoms with Crippen molar-refractivity contribution in [2.24, 2.45) is 7.05 Å². The molecule has 0 saturated heterocycles. The van der Waals surface area contributed by atoms with Gasteiger partial charge in [-0.2, -0.15) is 0 Å². The van der Waals surface area contributed by atoms with Gasteiger partial charge in [0.05, 0.1) is 5.75 Å². The van der Waals surface area contributed by atoms with Gasteiger partial charge in [-0.25, -0.2) is 0 Å². The van der Waals surface area contributed by atoms with Gasteiger partial charge in [0.1, 0.15) is 5.82 Å². The van der Waals surface area contributed by atoms with Gasteiger partial charge in [0.25, 0.3) is 0 Å². The lowest BCUT2D eigenvalue weighted by Crippen LogP contribution is -2.04. The second kappa shape index (κ2) is 7.10. The summed E-state index contributed by atoms with van der Waals surface area (Å²) in [4.78, 5) is 13.5. The summed E-state index contributed by atoms with van der Waals surface area (Å²) >= 11 is 3.14. The van der Waals surface area contributed by atoms with Crippen molar-refractivity contribution in [2.75, 3.05) is 5.75 Å². The van der Waals surface area contributed by atoms with Crippen molar-refractivity contribution in [3.63, 3.8) is 0 Å².